The van der Waals surface area contributed by atoms with Gasteiger partial charge in [0.1, 0.15) is 4.88 Å². The summed E-state index contributed by atoms with van der Waals surface area (Å²) in [6.07, 6.45) is -3.15. The molecule has 2 N–H and O–H groups in total. The maximum atomic E-state index is 13.0. The minimum atomic E-state index is -4.40. The van der Waals surface area contributed by atoms with Gasteiger partial charge in [0.05, 0.1) is 5.69 Å². The fourth-order valence-corrected chi connectivity index (χ4v) is 3.03. The van der Waals surface area contributed by atoms with Crippen LogP contribution in [0.5, 0.6) is 0 Å². The zero-order valence-electron chi connectivity index (χ0n) is 11.9. The van der Waals surface area contributed by atoms with E-state index in [0.29, 0.717) is 21.8 Å². The fourth-order valence-electron chi connectivity index (χ4n) is 1.70. The molecule has 1 aromatic heterocycles. The van der Waals surface area contributed by atoms with E-state index in [9.17, 15) is 13.2 Å². The summed E-state index contributed by atoms with van der Waals surface area (Å²) >= 11 is 4.67. The number of anilines is 1. The van der Waals surface area contributed by atoms with Crippen LogP contribution in [0.2, 0.25) is 0 Å². The number of alkyl halides is 3. The van der Waals surface area contributed by atoms with Crippen LogP contribution in [0.15, 0.2) is 30.3 Å². The van der Waals surface area contributed by atoms with Crippen LogP contribution >= 0.6 is 24.0 Å². The Labute approximate surface area is 132 Å². The van der Waals surface area contributed by atoms with Crippen LogP contribution in [0.3, 0.4) is 0 Å². The van der Waals surface area contributed by atoms with Gasteiger partial charge in [0, 0.05) is 16.2 Å². The van der Waals surface area contributed by atoms with Gasteiger partial charge in [-0.05, 0) is 5.56 Å². The summed E-state index contributed by atoms with van der Waals surface area (Å²) in [7, 11) is 0. The van der Waals surface area contributed by atoms with E-state index in [4.69, 9.17) is 5.73 Å². The average molecular weight is 333 g/mol. The number of thiophene rings is 1. The van der Waals surface area contributed by atoms with Crippen LogP contribution < -0.4 is 5.73 Å². The summed E-state index contributed by atoms with van der Waals surface area (Å²) in [5.41, 5.74) is 6.52. The lowest BCUT2D eigenvalue weighted by atomic mass is 10.0. The lowest BCUT2D eigenvalue weighted by Gasteiger charge is -2.08. The van der Waals surface area contributed by atoms with Gasteiger partial charge in [-0.15, -0.1) is 11.3 Å². The van der Waals surface area contributed by atoms with Crippen molar-refractivity contribution in [1.29, 1.82) is 0 Å². The number of rotatable bonds is 2. The van der Waals surface area contributed by atoms with Crippen molar-refractivity contribution in [3.63, 3.8) is 0 Å². The van der Waals surface area contributed by atoms with Crippen molar-refractivity contribution in [1.82, 2.24) is 0 Å². The van der Waals surface area contributed by atoms with Gasteiger partial charge < -0.3 is 5.73 Å². The summed E-state index contributed by atoms with van der Waals surface area (Å²) in [6, 6.07) is 8.37. The highest BCUT2D eigenvalue weighted by Crippen LogP contribution is 2.47. The first-order chi connectivity index (χ1) is 9.86. The van der Waals surface area contributed by atoms with E-state index in [-0.39, 0.29) is 17.0 Å². The first-order valence-electron chi connectivity index (χ1n) is 6.51. The topological polar surface area (TPSA) is 26.0 Å². The number of thiol groups is 1. The van der Waals surface area contributed by atoms with Crippen LogP contribution in [-0.4, -0.2) is 0 Å². The van der Waals surface area contributed by atoms with Crippen molar-refractivity contribution in [3.8, 4) is 11.1 Å². The normalized spacial score (nSPS) is 11.0. The second-order valence-electron chi connectivity index (χ2n) is 4.37. The maximum Gasteiger partial charge on any atom is 0.426 e. The third kappa shape index (κ3) is 4.41. The van der Waals surface area contributed by atoms with Crippen molar-refractivity contribution in [2.45, 2.75) is 32.2 Å². The lowest BCUT2D eigenvalue weighted by Crippen LogP contribution is -2.04. The largest absolute Gasteiger partial charge is 0.426 e. The number of halogens is 3. The lowest BCUT2D eigenvalue weighted by molar-refractivity contribution is -0.133. The van der Waals surface area contributed by atoms with Gasteiger partial charge in [-0.3, -0.25) is 0 Å². The van der Waals surface area contributed by atoms with Gasteiger partial charge >= 0.3 is 6.18 Å². The third-order valence-electron chi connectivity index (χ3n) is 2.49. The van der Waals surface area contributed by atoms with Crippen LogP contribution in [0, 0.1) is 0 Å². The van der Waals surface area contributed by atoms with E-state index in [1.54, 1.807) is 30.3 Å². The molecule has 0 spiro atoms. The van der Waals surface area contributed by atoms with Gasteiger partial charge in [0.15, 0.2) is 0 Å². The summed E-state index contributed by atoms with van der Waals surface area (Å²) in [5, 5.41) is 0. The summed E-state index contributed by atoms with van der Waals surface area (Å²) in [6.45, 7) is 4.25. The summed E-state index contributed by atoms with van der Waals surface area (Å²) in [4.78, 5) is -0.209. The Morgan fingerprint density at radius 3 is 2.10 bits per heavy atom. The summed E-state index contributed by atoms with van der Waals surface area (Å²) in [5.74, 6) is 0.201. The first-order valence-corrected chi connectivity index (χ1v) is 7.96. The van der Waals surface area contributed by atoms with Crippen LogP contribution in [0.1, 0.15) is 30.0 Å². The highest BCUT2D eigenvalue weighted by molar-refractivity contribution is 7.79. The first kappa shape index (κ1) is 17.9. The highest BCUT2D eigenvalue weighted by atomic mass is 32.1. The zero-order valence-corrected chi connectivity index (χ0v) is 13.6. The van der Waals surface area contributed by atoms with Gasteiger partial charge in [-0.1, -0.05) is 50.6 Å². The van der Waals surface area contributed by atoms with E-state index in [1.807, 2.05) is 0 Å². The SMILES string of the molecule is CCC.Nc1c(CS)sc(C(F)(F)F)c1-c1ccccc1. The van der Waals surface area contributed by atoms with E-state index >= 15 is 0 Å². The molecule has 0 amide bonds. The Balaban J connectivity index is 0.000000677. The molecule has 0 aliphatic carbocycles. The van der Waals surface area contributed by atoms with E-state index in [1.165, 1.54) is 6.42 Å². The predicted molar refractivity (Wildman–Crippen MR) is 87.8 cm³/mol. The van der Waals surface area contributed by atoms with Crippen molar-refractivity contribution in [2.75, 3.05) is 5.73 Å². The Bertz CT molecular complexity index is 562. The number of benzene rings is 1. The van der Waals surface area contributed by atoms with Crippen LogP contribution in [-0.2, 0) is 11.9 Å². The molecular weight excluding hydrogens is 315 g/mol. The Morgan fingerprint density at radius 1 is 1.14 bits per heavy atom. The Kier molecular flexibility index (Phi) is 6.61. The second kappa shape index (κ2) is 7.75. The molecule has 0 bridgehead atoms. The molecule has 0 aliphatic heterocycles. The minimum Gasteiger partial charge on any atom is -0.397 e. The van der Waals surface area contributed by atoms with Gasteiger partial charge in [0.2, 0.25) is 0 Å². The molecule has 1 heterocycles. The maximum absolute atomic E-state index is 13.0. The monoisotopic (exact) mass is 333 g/mol. The van der Waals surface area contributed by atoms with Crippen LogP contribution in [0.4, 0.5) is 18.9 Å². The third-order valence-corrected chi connectivity index (χ3v) is 4.27. The van der Waals surface area contributed by atoms with Crippen molar-refractivity contribution in [2.24, 2.45) is 0 Å². The molecular formula is C15H18F3NS2. The molecule has 116 valence electrons. The Morgan fingerprint density at radius 2 is 1.67 bits per heavy atom. The van der Waals surface area contributed by atoms with Gasteiger partial charge in [0.25, 0.3) is 0 Å². The molecule has 0 saturated carbocycles. The van der Waals surface area contributed by atoms with Crippen LogP contribution in [0.25, 0.3) is 11.1 Å². The zero-order chi connectivity index (χ0) is 16.0. The molecule has 2 aromatic rings. The molecule has 1 aromatic carbocycles. The molecule has 1 nitrogen and oxygen atoms in total. The van der Waals surface area contributed by atoms with E-state index in [2.05, 4.69) is 26.5 Å². The van der Waals surface area contributed by atoms with E-state index < -0.39 is 11.1 Å². The number of hydrogen-bond donors (Lipinski definition) is 2. The smallest absolute Gasteiger partial charge is 0.397 e. The fraction of sp³-hybridized carbons (Fsp3) is 0.333. The van der Waals surface area contributed by atoms with Crippen molar-refractivity contribution < 1.29 is 13.2 Å². The highest BCUT2D eigenvalue weighted by Gasteiger charge is 2.37. The molecule has 2 rings (SSSR count). The van der Waals surface area contributed by atoms with Crippen molar-refractivity contribution in [3.05, 3.63) is 40.1 Å². The average Bonchev–Trinajstić information content (AvgIpc) is 2.77. The number of hydrogen-bond acceptors (Lipinski definition) is 3. The quantitative estimate of drug-likeness (QED) is 0.661. The molecule has 0 unspecified atom stereocenters. The molecule has 0 aliphatic rings. The standard InChI is InChI=1S/C12H10F3NS2.C3H8/c13-12(14,15)11-9(7-4-2-1-3-5-7)10(16)8(6-17)18-11;1-3-2/h1-5,17H,6,16H2;3H2,1-2H3. The second-order valence-corrected chi connectivity index (χ2v) is 5.79. The number of nitrogens with two attached hydrogens (primary N) is 1. The minimum absolute atomic E-state index is 0.0668. The predicted octanol–water partition coefficient (Wildman–Crippen LogP) is 5.86. The molecule has 21 heavy (non-hydrogen) atoms. The molecule has 6 heteroatoms. The molecule has 0 radical (unpaired) electrons. The van der Waals surface area contributed by atoms with Crippen molar-refractivity contribution >= 4 is 29.7 Å². The molecule has 0 fully saturated rings. The molecule has 0 atom stereocenters. The molecule has 0 saturated heterocycles. The van der Waals surface area contributed by atoms with Gasteiger partial charge in [-0.2, -0.15) is 25.8 Å². The van der Waals surface area contributed by atoms with Gasteiger partial charge in [-0.25, -0.2) is 0 Å². The number of nitrogen functional groups attached to an aromatic ring is 1. The Hall–Kier alpha value is -1.14. The van der Waals surface area contributed by atoms with E-state index in [0.717, 1.165) is 0 Å². The summed E-state index contributed by atoms with van der Waals surface area (Å²) < 4.78 is 39.0.